The van der Waals surface area contributed by atoms with Gasteiger partial charge in [-0.05, 0) is 48.2 Å². The predicted octanol–water partition coefficient (Wildman–Crippen LogP) is 2.36. The van der Waals surface area contributed by atoms with Gasteiger partial charge in [0.1, 0.15) is 12.4 Å². The van der Waals surface area contributed by atoms with Gasteiger partial charge in [0.25, 0.3) is 0 Å². The molecular formula is C20H34IN7OS. The van der Waals surface area contributed by atoms with Gasteiger partial charge in [-0.25, -0.2) is 4.99 Å². The first-order valence-electron chi connectivity index (χ1n) is 10.3. The summed E-state index contributed by atoms with van der Waals surface area (Å²) < 4.78 is 7.40. The van der Waals surface area contributed by atoms with Crippen LogP contribution in [0.2, 0.25) is 0 Å². The fourth-order valence-electron chi connectivity index (χ4n) is 3.17. The van der Waals surface area contributed by atoms with Gasteiger partial charge in [0, 0.05) is 33.2 Å². The third-order valence-corrected chi connectivity index (χ3v) is 6.00. The Morgan fingerprint density at radius 1 is 1.30 bits per heavy atom. The number of guanidine groups is 1. The van der Waals surface area contributed by atoms with E-state index in [2.05, 4.69) is 49.5 Å². The molecule has 0 aliphatic carbocycles. The summed E-state index contributed by atoms with van der Waals surface area (Å²) in [4.78, 5) is 7.20. The van der Waals surface area contributed by atoms with Crippen LogP contribution >= 0.6 is 35.3 Å². The van der Waals surface area contributed by atoms with E-state index >= 15 is 0 Å². The van der Waals surface area contributed by atoms with E-state index in [9.17, 15) is 0 Å². The molecule has 3 heterocycles. The molecule has 2 N–H and O–H groups in total. The van der Waals surface area contributed by atoms with E-state index in [0.717, 1.165) is 70.0 Å². The number of morpholine rings is 1. The summed E-state index contributed by atoms with van der Waals surface area (Å²) in [6, 6.07) is 2.19. The molecule has 0 radical (unpaired) electrons. The highest BCUT2D eigenvalue weighted by Crippen LogP contribution is 2.17. The number of nitrogens with one attached hydrogen (secondary N) is 2. The Morgan fingerprint density at radius 2 is 2.10 bits per heavy atom. The fraction of sp³-hybridized carbons (Fsp3) is 0.650. The van der Waals surface area contributed by atoms with E-state index in [1.807, 2.05) is 18.5 Å². The second-order valence-electron chi connectivity index (χ2n) is 7.46. The van der Waals surface area contributed by atoms with Gasteiger partial charge in [-0.3, -0.25) is 4.90 Å². The van der Waals surface area contributed by atoms with Crippen LogP contribution in [0, 0.1) is 6.92 Å². The number of aliphatic imine (C=N–C) groups is 1. The lowest BCUT2D eigenvalue weighted by molar-refractivity contribution is 0.0376. The van der Waals surface area contributed by atoms with Crippen molar-refractivity contribution in [3.05, 3.63) is 34.0 Å². The molecule has 30 heavy (non-hydrogen) atoms. The smallest absolute Gasteiger partial charge is 0.191 e. The van der Waals surface area contributed by atoms with E-state index in [1.165, 1.54) is 5.56 Å². The molecule has 1 unspecified atom stereocenters. The zero-order valence-corrected chi connectivity index (χ0v) is 21.3. The second-order valence-corrected chi connectivity index (χ2v) is 8.24. The number of nitrogens with zero attached hydrogens (tertiary/aromatic N) is 5. The summed E-state index contributed by atoms with van der Waals surface area (Å²) in [6.45, 7) is 11.2. The van der Waals surface area contributed by atoms with Crippen molar-refractivity contribution in [3.8, 4) is 0 Å². The van der Waals surface area contributed by atoms with Crippen molar-refractivity contribution in [3.63, 3.8) is 0 Å². The zero-order valence-electron chi connectivity index (χ0n) is 18.1. The molecule has 1 atom stereocenters. The molecule has 10 heteroatoms. The lowest BCUT2D eigenvalue weighted by Crippen LogP contribution is -2.41. The molecule has 0 spiro atoms. The summed E-state index contributed by atoms with van der Waals surface area (Å²) in [7, 11) is 1.97. The molecule has 168 valence electrons. The van der Waals surface area contributed by atoms with Gasteiger partial charge in [0.2, 0.25) is 0 Å². The summed E-state index contributed by atoms with van der Waals surface area (Å²) in [5.41, 5.74) is 1.36. The van der Waals surface area contributed by atoms with Crippen LogP contribution in [0.1, 0.15) is 36.5 Å². The lowest BCUT2D eigenvalue weighted by Gasteiger charge is -2.26. The fourth-order valence-corrected chi connectivity index (χ4v) is 3.95. The van der Waals surface area contributed by atoms with Gasteiger partial charge in [-0.15, -0.1) is 34.2 Å². The molecule has 1 aliphatic heterocycles. The minimum atomic E-state index is 0. The van der Waals surface area contributed by atoms with E-state index in [0.29, 0.717) is 12.5 Å². The number of aromatic nitrogens is 3. The first-order valence-corrected chi connectivity index (χ1v) is 11.3. The standard InChI is InChI=1S/C20H33N7OS.HI/c1-16(18-5-12-29-15-18)13-22-20(23-14-19-25-24-17(2)26(19)3)21-6-4-7-27-8-10-28-11-9-27;/h5,12,15-16H,4,6-11,13-14H2,1-3H3,(H2,21,22,23);1H. The summed E-state index contributed by atoms with van der Waals surface area (Å²) in [5.74, 6) is 3.02. The van der Waals surface area contributed by atoms with E-state index in [-0.39, 0.29) is 24.0 Å². The highest BCUT2D eigenvalue weighted by atomic mass is 127. The van der Waals surface area contributed by atoms with E-state index in [1.54, 1.807) is 11.3 Å². The molecule has 8 nitrogen and oxygen atoms in total. The van der Waals surface area contributed by atoms with Crippen LogP contribution in [0.25, 0.3) is 0 Å². The molecule has 2 aromatic heterocycles. The van der Waals surface area contributed by atoms with Gasteiger partial charge in [-0.1, -0.05) is 6.92 Å². The Kier molecular flexibility index (Phi) is 11.0. The molecule has 2 aromatic rings. The highest BCUT2D eigenvalue weighted by Gasteiger charge is 2.11. The van der Waals surface area contributed by atoms with Crippen LogP contribution in [0.15, 0.2) is 21.8 Å². The highest BCUT2D eigenvalue weighted by molar-refractivity contribution is 14.0. The molecule has 0 aromatic carbocycles. The number of halogens is 1. The molecule has 3 rings (SSSR count). The van der Waals surface area contributed by atoms with Crippen molar-refractivity contribution in [2.75, 3.05) is 45.9 Å². The third kappa shape index (κ3) is 7.78. The number of aryl methyl sites for hydroxylation is 1. The summed E-state index contributed by atoms with van der Waals surface area (Å²) in [6.07, 6.45) is 1.07. The molecule has 1 aliphatic rings. The van der Waals surface area contributed by atoms with Crippen LogP contribution < -0.4 is 10.6 Å². The molecule has 0 bridgehead atoms. The first kappa shape index (κ1) is 25.0. The SMILES string of the molecule is Cc1nnc(CN=C(NCCCN2CCOCC2)NCC(C)c2ccsc2)n1C.I. The van der Waals surface area contributed by atoms with Gasteiger partial charge < -0.3 is 19.9 Å². The van der Waals surface area contributed by atoms with Crippen molar-refractivity contribution in [1.29, 1.82) is 0 Å². The van der Waals surface area contributed by atoms with Crippen LogP contribution in [-0.2, 0) is 18.3 Å². The number of rotatable bonds is 9. The normalized spacial score (nSPS) is 16.2. The number of hydrogen-bond acceptors (Lipinski definition) is 6. The van der Waals surface area contributed by atoms with Crippen molar-refractivity contribution >= 4 is 41.3 Å². The molecule has 0 saturated carbocycles. The monoisotopic (exact) mass is 547 g/mol. The quantitative estimate of drug-likeness (QED) is 0.217. The van der Waals surface area contributed by atoms with Crippen LogP contribution in [-0.4, -0.2) is 71.6 Å². The van der Waals surface area contributed by atoms with Crippen molar-refractivity contribution in [1.82, 2.24) is 30.3 Å². The Hall–Kier alpha value is -1.24. The number of ether oxygens (including phenoxy) is 1. The van der Waals surface area contributed by atoms with E-state index < -0.39 is 0 Å². The maximum atomic E-state index is 5.42. The van der Waals surface area contributed by atoms with E-state index in [4.69, 9.17) is 9.73 Å². The van der Waals surface area contributed by atoms with Gasteiger partial charge in [0.05, 0.1) is 13.2 Å². The average molecular weight is 548 g/mol. The summed E-state index contributed by atoms with van der Waals surface area (Å²) >= 11 is 1.74. The maximum absolute atomic E-state index is 5.42. The van der Waals surface area contributed by atoms with Crippen molar-refractivity contribution in [2.45, 2.75) is 32.7 Å². The minimum Gasteiger partial charge on any atom is -0.379 e. The maximum Gasteiger partial charge on any atom is 0.191 e. The van der Waals surface area contributed by atoms with Crippen molar-refractivity contribution in [2.24, 2.45) is 12.0 Å². The molecule has 0 amide bonds. The predicted molar refractivity (Wildman–Crippen MR) is 133 cm³/mol. The zero-order chi connectivity index (χ0) is 20.5. The molecule has 1 saturated heterocycles. The average Bonchev–Trinajstić information content (AvgIpc) is 3.39. The molecule has 1 fully saturated rings. The topological polar surface area (TPSA) is 79.6 Å². The molecular weight excluding hydrogens is 513 g/mol. The lowest BCUT2D eigenvalue weighted by atomic mass is 10.1. The number of hydrogen-bond donors (Lipinski definition) is 2. The van der Waals surface area contributed by atoms with Gasteiger partial charge in [0.15, 0.2) is 11.8 Å². The Balaban J connectivity index is 0.00000320. The Morgan fingerprint density at radius 3 is 2.77 bits per heavy atom. The third-order valence-electron chi connectivity index (χ3n) is 5.30. The van der Waals surface area contributed by atoms with Gasteiger partial charge in [-0.2, -0.15) is 11.3 Å². The largest absolute Gasteiger partial charge is 0.379 e. The summed E-state index contributed by atoms with van der Waals surface area (Å²) in [5, 5.41) is 19.6. The Labute approximate surface area is 200 Å². The Bertz CT molecular complexity index is 759. The van der Waals surface area contributed by atoms with Gasteiger partial charge >= 0.3 is 0 Å². The minimum absolute atomic E-state index is 0. The van der Waals surface area contributed by atoms with Crippen molar-refractivity contribution < 1.29 is 4.74 Å². The first-order chi connectivity index (χ1) is 14.1. The second kappa shape index (κ2) is 13.2. The number of thiophene rings is 1. The van der Waals surface area contributed by atoms with Crippen LogP contribution in [0.3, 0.4) is 0 Å². The van der Waals surface area contributed by atoms with Crippen LogP contribution in [0.5, 0.6) is 0 Å². The van der Waals surface area contributed by atoms with Crippen LogP contribution in [0.4, 0.5) is 0 Å².